The third-order valence-corrected chi connectivity index (χ3v) is 6.86. The minimum atomic E-state index is -1.60. The zero-order valence-corrected chi connectivity index (χ0v) is 22.0. The smallest absolute Gasteiger partial charge is 0.329 e. The molecule has 190 valence electrons. The first-order valence-corrected chi connectivity index (χ1v) is 12.2. The van der Waals surface area contributed by atoms with Gasteiger partial charge in [0.25, 0.3) is 5.91 Å². The molecule has 0 fully saturated rings. The van der Waals surface area contributed by atoms with Crippen molar-refractivity contribution in [1.82, 2.24) is 5.32 Å². The monoisotopic (exact) mass is 537 g/mol. The van der Waals surface area contributed by atoms with Crippen molar-refractivity contribution in [2.45, 2.75) is 18.9 Å². The molecule has 0 radical (unpaired) electrons. The fourth-order valence-corrected chi connectivity index (χ4v) is 4.87. The molecule has 1 amide bonds. The van der Waals surface area contributed by atoms with Crippen molar-refractivity contribution < 1.29 is 24.2 Å². The lowest BCUT2D eigenvalue weighted by Crippen LogP contribution is -2.53. The molecule has 8 heteroatoms. The molecule has 1 unspecified atom stereocenters. The van der Waals surface area contributed by atoms with Crippen LogP contribution in [0.2, 0.25) is 10.0 Å². The molecule has 0 spiro atoms. The average Bonchev–Trinajstić information content (AvgIpc) is 2.87. The van der Waals surface area contributed by atoms with Crippen LogP contribution in [-0.4, -0.2) is 36.7 Å². The molecule has 0 aliphatic carbocycles. The molecule has 4 aromatic carbocycles. The van der Waals surface area contributed by atoms with Crippen LogP contribution >= 0.6 is 23.2 Å². The summed E-state index contributed by atoms with van der Waals surface area (Å²) in [6.45, 7) is 1.46. The van der Waals surface area contributed by atoms with Gasteiger partial charge in [-0.2, -0.15) is 0 Å². The van der Waals surface area contributed by atoms with E-state index in [0.717, 1.165) is 27.5 Å². The lowest BCUT2D eigenvalue weighted by Gasteiger charge is -2.27. The highest BCUT2D eigenvalue weighted by molar-refractivity contribution is 6.39. The summed E-state index contributed by atoms with van der Waals surface area (Å²) in [6.07, 6.45) is 0.0498. The van der Waals surface area contributed by atoms with E-state index in [0.29, 0.717) is 11.5 Å². The van der Waals surface area contributed by atoms with Gasteiger partial charge in [-0.1, -0.05) is 65.7 Å². The first-order valence-electron chi connectivity index (χ1n) is 11.4. The predicted octanol–water partition coefficient (Wildman–Crippen LogP) is 6.65. The Morgan fingerprint density at radius 3 is 2.03 bits per heavy atom. The number of methoxy groups -OCH3 is 2. The molecule has 4 rings (SSSR count). The van der Waals surface area contributed by atoms with Gasteiger partial charge in [0.2, 0.25) is 0 Å². The van der Waals surface area contributed by atoms with E-state index < -0.39 is 17.4 Å². The lowest BCUT2D eigenvalue weighted by molar-refractivity contribution is -0.143. The number of aliphatic carboxylic acids is 1. The molecule has 0 aromatic heterocycles. The summed E-state index contributed by atoms with van der Waals surface area (Å²) in [4.78, 5) is 25.2. The van der Waals surface area contributed by atoms with E-state index >= 15 is 0 Å². The van der Waals surface area contributed by atoms with Crippen molar-refractivity contribution in [3.63, 3.8) is 0 Å². The summed E-state index contributed by atoms with van der Waals surface area (Å²) >= 11 is 12.3. The van der Waals surface area contributed by atoms with E-state index in [4.69, 9.17) is 32.7 Å². The van der Waals surface area contributed by atoms with Gasteiger partial charge in [-0.25, -0.2) is 4.79 Å². The molecule has 37 heavy (non-hydrogen) atoms. The van der Waals surface area contributed by atoms with Gasteiger partial charge in [-0.3, -0.25) is 4.79 Å². The minimum Gasteiger partial charge on any atom is -0.496 e. The second-order valence-corrected chi connectivity index (χ2v) is 9.61. The number of benzene rings is 4. The SMILES string of the molecule is COc1cccc(OC)c1-c1ccc2cc(CC(C)(NC(=O)c3c(Cl)cccc3Cl)C(=O)O)ccc2c1. The van der Waals surface area contributed by atoms with E-state index in [2.05, 4.69) is 5.32 Å². The maximum Gasteiger partial charge on any atom is 0.329 e. The number of amides is 1. The lowest BCUT2D eigenvalue weighted by atomic mass is 9.90. The van der Waals surface area contributed by atoms with Crippen LogP contribution in [0.25, 0.3) is 21.9 Å². The molecule has 0 heterocycles. The number of ether oxygens (including phenoxy) is 2. The molecule has 0 saturated heterocycles. The summed E-state index contributed by atoms with van der Waals surface area (Å²) in [5.41, 5.74) is 0.950. The third-order valence-electron chi connectivity index (χ3n) is 6.23. The molecule has 0 bridgehead atoms. The Bertz CT molecular complexity index is 1460. The first-order chi connectivity index (χ1) is 17.7. The zero-order valence-electron chi connectivity index (χ0n) is 20.5. The minimum absolute atomic E-state index is 0.0381. The number of carbonyl (C=O) groups is 2. The molecule has 4 aromatic rings. The van der Waals surface area contributed by atoms with Gasteiger partial charge in [0.05, 0.1) is 35.4 Å². The number of halogens is 2. The largest absolute Gasteiger partial charge is 0.496 e. The number of nitrogens with one attached hydrogen (secondary N) is 1. The molecular weight excluding hydrogens is 513 g/mol. The predicted molar refractivity (Wildman–Crippen MR) is 146 cm³/mol. The molecular formula is C29H25Cl2NO5. The van der Waals surface area contributed by atoms with Gasteiger partial charge in [-0.15, -0.1) is 0 Å². The summed E-state index contributed by atoms with van der Waals surface area (Å²) in [7, 11) is 3.23. The number of fused-ring (bicyclic) bond motifs is 1. The van der Waals surface area contributed by atoms with Crippen LogP contribution in [0.4, 0.5) is 0 Å². The highest BCUT2D eigenvalue weighted by Crippen LogP contribution is 2.39. The van der Waals surface area contributed by atoms with Gasteiger partial charge in [0.1, 0.15) is 17.0 Å². The van der Waals surface area contributed by atoms with Crippen molar-refractivity contribution >= 4 is 45.9 Å². The second-order valence-electron chi connectivity index (χ2n) is 8.80. The highest BCUT2D eigenvalue weighted by atomic mass is 35.5. The van der Waals surface area contributed by atoms with Gasteiger partial charge >= 0.3 is 5.97 Å². The van der Waals surface area contributed by atoms with Crippen molar-refractivity contribution in [2.75, 3.05) is 14.2 Å². The number of hydrogen-bond acceptors (Lipinski definition) is 4. The van der Waals surface area contributed by atoms with Crippen LogP contribution < -0.4 is 14.8 Å². The molecule has 0 aliphatic rings. The van der Waals surface area contributed by atoms with E-state index in [1.807, 2.05) is 54.6 Å². The van der Waals surface area contributed by atoms with E-state index in [1.54, 1.807) is 20.3 Å². The van der Waals surface area contributed by atoms with Crippen molar-refractivity contribution in [3.8, 4) is 22.6 Å². The molecule has 2 N–H and O–H groups in total. The van der Waals surface area contributed by atoms with E-state index in [-0.39, 0.29) is 22.0 Å². The molecule has 0 saturated carbocycles. The van der Waals surface area contributed by atoms with E-state index in [9.17, 15) is 14.7 Å². The van der Waals surface area contributed by atoms with Crippen LogP contribution in [0.5, 0.6) is 11.5 Å². The maximum absolute atomic E-state index is 12.9. The Balaban J connectivity index is 1.65. The van der Waals surface area contributed by atoms with Crippen LogP contribution in [0.3, 0.4) is 0 Å². The quantitative estimate of drug-likeness (QED) is 0.263. The van der Waals surface area contributed by atoms with Gasteiger partial charge in [0, 0.05) is 6.42 Å². The summed E-state index contributed by atoms with van der Waals surface area (Å²) in [5.74, 6) is -0.441. The fraction of sp³-hybridized carbons (Fsp3) is 0.172. The highest BCUT2D eigenvalue weighted by Gasteiger charge is 2.36. The van der Waals surface area contributed by atoms with Crippen LogP contribution in [0.15, 0.2) is 72.8 Å². The van der Waals surface area contributed by atoms with Crippen LogP contribution in [0.1, 0.15) is 22.8 Å². The third kappa shape index (κ3) is 5.36. The summed E-state index contributed by atoms with van der Waals surface area (Å²) in [5, 5.41) is 14.8. The molecule has 1 atom stereocenters. The molecule has 6 nitrogen and oxygen atoms in total. The van der Waals surface area contributed by atoms with E-state index in [1.165, 1.54) is 19.1 Å². The van der Waals surface area contributed by atoms with Crippen molar-refractivity contribution in [2.24, 2.45) is 0 Å². The Morgan fingerprint density at radius 1 is 0.865 bits per heavy atom. The summed E-state index contributed by atoms with van der Waals surface area (Å²) < 4.78 is 11.1. The topological polar surface area (TPSA) is 84.9 Å². The number of carbonyl (C=O) groups excluding carboxylic acids is 1. The second kappa shape index (κ2) is 10.7. The number of carboxylic acid groups (broad SMARTS) is 1. The Morgan fingerprint density at radius 2 is 1.43 bits per heavy atom. The van der Waals surface area contributed by atoms with Gasteiger partial charge < -0.3 is 19.9 Å². The Labute approximate surface area is 224 Å². The average molecular weight is 538 g/mol. The first kappa shape index (κ1) is 26.3. The zero-order chi connectivity index (χ0) is 26.7. The van der Waals surface area contributed by atoms with Crippen molar-refractivity contribution in [1.29, 1.82) is 0 Å². The normalized spacial score (nSPS) is 12.6. The molecule has 0 aliphatic heterocycles. The maximum atomic E-state index is 12.9. The number of hydrogen-bond donors (Lipinski definition) is 2. The number of rotatable bonds is 8. The Kier molecular flexibility index (Phi) is 7.62. The van der Waals surface area contributed by atoms with Gasteiger partial charge in [-0.05, 0) is 59.2 Å². The Hall–Kier alpha value is -3.74. The van der Waals surface area contributed by atoms with Crippen molar-refractivity contribution in [3.05, 3.63) is 94.0 Å². The number of carboxylic acids is 1. The van der Waals surface area contributed by atoms with Gasteiger partial charge in [0.15, 0.2) is 0 Å². The standard InChI is InChI=1S/C29H25Cl2NO5/c1-29(28(34)35,32-27(33)26-21(30)6-4-7-22(26)31)16-17-10-11-19-15-20(13-12-18(19)14-17)25-23(36-2)8-5-9-24(25)37-3/h4-15H,16H2,1-3H3,(H,32,33)(H,34,35). The summed E-state index contributed by atoms with van der Waals surface area (Å²) in [6, 6.07) is 21.9. The van der Waals surface area contributed by atoms with Crippen LogP contribution in [-0.2, 0) is 11.2 Å². The van der Waals surface area contributed by atoms with Crippen LogP contribution in [0, 0.1) is 0 Å². The fourth-order valence-electron chi connectivity index (χ4n) is 4.31.